The van der Waals surface area contributed by atoms with Crippen LogP contribution in [-0.4, -0.2) is 55.3 Å². The van der Waals surface area contributed by atoms with Crippen molar-refractivity contribution in [2.45, 2.75) is 6.92 Å². The molecule has 1 aromatic carbocycles. The van der Waals surface area contributed by atoms with Crippen LogP contribution in [0, 0.1) is 6.92 Å². The van der Waals surface area contributed by atoms with Crippen molar-refractivity contribution in [3.8, 4) is 0 Å². The second-order valence-corrected chi connectivity index (χ2v) is 5.82. The summed E-state index contributed by atoms with van der Waals surface area (Å²) in [6.45, 7) is 4.45. The number of carbonyl (C=O) groups excluding carboxylic acids is 2. The maximum absolute atomic E-state index is 12.5. The van der Waals surface area contributed by atoms with E-state index >= 15 is 0 Å². The second kappa shape index (κ2) is 7.92. The molecule has 0 radical (unpaired) electrons. The molecule has 1 N–H and O–H groups in total. The first-order valence-electron chi connectivity index (χ1n) is 8.25. The number of ether oxygens (including phenoxy) is 2. The molecule has 2 aromatic rings. The highest BCUT2D eigenvalue weighted by Crippen LogP contribution is 2.15. The van der Waals surface area contributed by atoms with Gasteiger partial charge in [0.2, 0.25) is 5.95 Å². The Labute approximate surface area is 151 Å². The standard InChI is InChI=1S/C18H20N4O4/c1-12-11-15(21-18(19-12)22-7-9-26-10-8-22)16(23)20-14-5-3-13(4-6-14)17(24)25-2/h3-6,11H,7-10H2,1-2H3,(H,20,23). The number of carbonyl (C=O) groups is 2. The summed E-state index contributed by atoms with van der Waals surface area (Å²) in [4.78, 5) is 34.8. The van der Waals surface area contributed by atoms with Crippen LogP contribution in [0.4, 0.5) is 11.6 Å². The number of hydrogen-bond acceptors (Lipinski definition) is 7. The molecule has 1 aliphatic heterocycles. The van der Waals surface area contributed by atoms with Gasteiger partial charge in [0.1, 0.15) is 5.69 Å². The van der Waals surface area contributed by atoms with Gasteiger partial charge in [0.15, 0.2) is 0 Å². The second-order valence-electron chi connectivity index (χ2n) is 5.82. The first kappa shape index (κ1) is 17.8. The van der Waals surface area contributed by atoms with Crippen molar-refractivity contribution in [3.63, 3.8) is 0 Å². The van der Waals surface area contributed by atoms with E-state index in [1.165, 1.54) is 7.11 Å². The molecule has 1 amide bonds. The van der Waals surface area contributed by atoms with Gasteiger partial charge in [-0.15, -0.1) is 0 Å². The lowest BCUT2D eigenvalue weighted by atomic mass is 10.2. The fourth-order valence-corrected chi connectivity index (χ4v) is 2.58. The van der Waals surface area contributed by atoms with Crippen LogP contribution in [0.1, 0.15) is 26.5 Å². The van der Waals surface area contributed by atoms with E-state index in [4.69, 9.17) is 4.74 Å². The molecular weight excluding hydrogens is 336 g/mol. The molecule has 1 aromatic heterocycles. The van der Waals surface area contributed by atoms with Gasteiger partial charge in [-0.05, 0) is 37.3 Å². The summed E-state index contributed by atoms with van der Waals surface area (Å²) >= 11 is 0. The molecule has 0 spiro atoms. The zero-order valence-corrected chi connectivity index (χ0v) is 14.7. The molecular formula is C18H20N4O4. The van der Waals surface area contributed by atoms with Crippen LogP contribution in [0.3, 0.4) is 0 Å². The van der Waals surface area contributed by atoms with Gasteiger partial charge >= 0.3 is 5.97 Å². The van der Waals surface area contributed by atoms with Gasteiger partial charge in [-0.1, -0.05) is 0 Å². The van der Waals surface area contributed by atoms with Crippen LogP contribution in [0.15, 0.2) is 30.3 Å². The van der Waals surface area contributed by atoms with Crippen molar-refractivity contribution in [3.05, 3.63) is 47.3 Å². The van der Waals surface area contributed by atoms with Gasteiger partial charge in [0.25, 0.3) is 5.91 Å². The van der Waals surface area contributed by atoms with Crippen molar-refractivity contribution in [1.82, 2.24) is 9.97 Å². The first-order chi connectivity index (χ1) is 12.6. The van der Waals surface area contributed by atoms with E-state index in [1.807, 2.05) is 11.8 Å². The Morgan fingerprint density at radius 1 is 1.15 bits per heavy atom. The SMILES string of the molecule is COC(=O)c1ccc(NC(=O)c2cc(C)nc(N3CCOCC3)n2)cc1. The van der Waals surface area contributed by atoms with E-state index in [9.17, 15) is 9.59 Å². The Bertz CT molecular complexity index is 801. The topological polar surface area (TPSA) is 93.6 Å². The fourth-order valence-electron chi connectivity index (χ4n) is 2.58. The van der Waals surface area contributed by atoms with E-state index in [0.29, 0.717) is 49.2 Å². The summed E-state index contributed by atoms with van der Waals surface area (Å²) < 4.78 is 9.99. The van der Waals surface area contributed by atoms with Crippen molar-refractivity contribution >= 4 is 23.5 Å². The van der Waals surface area contributed by atoms with Crippen LogP contribution in [0.25, 0.3) is 0 Å². The third kappa shape index (κ3) is 4.15. The minimum absolute atomic E-state index is 0.288. The third-order valence-corrected chi connectivity index (χ3v) is 3.93. The molecule has 8 heteroatoms. The average molecular weight is 356 g/mol. The first-order valence-corrected chi connectivity index (χ1v) is 8.25. The number of esters is 1. The van der Waals surface area contributed by atoms with E-state index in [-0.39, 0.29) is 11.6 Å². The number of amides is 1. The van der Waals surface area contributed by atoms with Gasteiger partial charge in [-0.2, -0.15) is 0 Å². The quantitative estimate of drug-likeness (QED) is 0.833. The number of anilines is 2. The largest absolute Gasteiger partial charge is 0.465 e. The van der Waals surface area contributed by atoms with Crippen molar-refractivity contribution in [2.24, 2.45) is 0 Å². The van der Waals surface area contributed by atoms with Crippen molar-refractivity contribution < 1.29 is 19.1 Å². The molecule has 0 atom stereocenters. The van der Waals surface area contributed by atoms with Gasteiger partial charge in [-0.3, -0.25) is 4.79 Å². The summed E-state index contributed by atoms with van der Waals surface area (Å²) in [5.41, 5.74) is 1.98. The number of nitrogens with one attached hydrogen (secondary N) is 1. The zero-order valence-electron chi connectivity index (χ0n) is 14.7. The summed E-state index contributed by atoms with van der Waals surface area (Å²) in [6.07, 6.45) is 0. The number of rotatable bonds is 4. The summed E-state index contributed by atoms with van der Waals surface area (Å²) in [6, 6.07) is 8.10. The van der Waals surface area contributed by atoms with Crippen LogP contribution >= 0.6 is 0 Å². The molecule has 0 bridgehead atoms. The monoisotopic (exact) mass is 356 g/mol. The highest BCUT2D eigenvalue weighted by Gasteiger charge is 2.17. The molecule has 0 unspecified atom stereocenters. The molecule has 2 heterocycles. The summed E-state index contributed by atoms with van der Waals surface area (Å²) in [7, 11) is 1.32. The van der Waals surface area contributed by atoms with E-state index < -0.39 is 5.97 Å². The molecule has 0 aliphatic carbocycles. The van der Waals surface area contributed by atoms with Crippen molar-refractivity contribution in [2.75, 3.05) is 43.6 Å². The van der Waals surface area contributed by atoms with E-state index in [1.54, 1.807) is 30.3 Å². The predicted octanol–water partition coefficient (Wildman–Crippen LogP) is 1.66. The number of benzene rings is 1. The summed E-state index contributed by atoms with van der Waals surface area (Å²) in [5.74, 6) is -0.236. The average Bonchev–Trinajstić information content (AvgIpc) is 2.68. The normalized spacial score (nSPS) is 14.0. The van der Waals surface area contributed by atoms with Gasteiger partial charge < -0.3 is 19.7 Å². The fraction of sp³-hybridized carbons (Fsp3) is 0.333. The minimum atomic E-state index is -0.426. The molecule has 26 heavy (non-hydrogen) atoms. The number of aryl methyl sites for hydroxylation is 1. The van der Waals surface area contributed by atoms with E-state index in [0.717, 1.165) is 0 Å². The zero-order chi connectivity index (χ0) is 18.5. The third-order valence-electron chi connectivity index (χ3n) is 3.93. The highest BCUT2D eigenvalue weighted by atomic mass is 16.5. The lowest BCUT2D eigenvalue weighted by Gasteiger charge is -2.27. The predicted molar refractivity (Wildman–Crippen MR) is 95.5 cm³/mol. The summed E-state index contributed by atoms with van der Waals surface area (Å²) in [5, 5.41) is 2.78. The lowest BCUT2D eigenvalue weighted by Crippen LogP contribution is -2.37. The van der Waals surface area contributed by atoms with Crippen LogP contribution in [0.5, 0.6) is 0 Å². The molecule has 1 fully saturated rings. The molecule has 136 valence electrons. The minimum Gasteiger partial charge on any atom is -0.465 e. The Morgan fingerprint density at radius 2 is 1.85 bits per heavy atom. The number of aromatic nitrogens is 2. The van der Waals surface area contributed by atoms with Gasteiger partial charge in [0.05, 0.1) is 25.9 Å². The Kier molecular flexibility index (Phi) is 5.43. The maximum Gasteiger partial charge on any atom is 0.337 e. The Balaban J connectivity index is 1.75. The molecule has 1 saturated heterocycles. The number of nitrogens with zero attached hydrogens (tertiary/aromatic N) is 3. The maximum atomic E-state index is 12.5. The van der Waals surface area contributed by atoms with Crippen molar-refractivity contribution in [1.29, 1.82) is 0 Å². The van der Waals surface area contributed by atoms with E-state index in [2.05, 4.69) is 20.0 Å². The molecule has 8 nitrogen and oxygen atoms in total. The Hall–Kier alpha value is -3.00. The van der Waals surface area contributed by atoms with Crippen LogP contribution in [-0.2, 0) is 9.47 Å². The number of morpholine rings is 1. The van der Waals surface area contributed by atoms with Gasteiger partial charge in [-0.25, -0.2) is 14.8 Å². The lowest BCUT2D eigenvalue weighted by molar-refractivity contribution is 0.0600. The van der Waals surface area contributed by atoms with Crippen LogP contribution < -0.4 is 10.2 Å². The smallest absolute Gasteiger partial charge is 0.337 e. The Morgan fingerprint density at radius 3 is 2.50 bits per heavy atom. The highest BCUT2D eigenvalue weighted by molar-refractivity contribution is 6.03. The molecule has 1 aliphatic rings. The van der Waals surface area contributed by atoms with Gasteiger partial charge in [0, 0.05) is 24.5 Å². The van der Waals surface area contributed by atoms with Crippen LogP contribution in [0.2, 0.25) is 0 Å². The number of methoxy groups -OCH3 is 1. The molecule has 0 saturated carbocycles. The molecule has 3 rings (SSSR count). The number of hydrogen-bond donors (Lipinski definition) is 1.